The molecule has 0 aromatic rings. The van der Waals surface area contributed by atoms with E-state index in [0.29, 0.717) is 0 Å². The first kappa shape index (κ1) is 8.25. The van der Waals surface area contributed by atoms with Gasteiger partial charge >= 0.3 is 0 Å². The van der Waals surface area contributed by atoms with Gasteiger partial charge in [-0.3, -0.25) is 0 Å². The summed E-state index contributed by atoms with van der Waals surface area (Å²) in [4.78, 5) is 0. The smallest absolute Gasteiger partial charge is 0.135 e. The maximum Gasteiger partial charge on any atom is 0.135 e. The van der Waals surface area contributed by atoms with E-state index in [0.717, 1.165) is 6.34 Å². The van der Waals surface area contributed by atoms with Gasteiger partial charge in [0, 0.05) is 0 Å². The fraction of sp³-hybridized carbons (Fsp3) is 0. The summed E-state index contributed by atoms with van der Waals surface area (Å²) in [5.41, 5.74) is 2.19. The highest BCUT2D eigenvalue weighted by molar-refractivity contribution is 6.14. The van der Waals surface area contributed by atoms with Gasteiger partial charge in [-0.2, -0.15) is 0 Å². The summed E-state index contributed by atoms with van der Waals surface area (Å²) in [7, 11) is 0. The van der Waals surface area contributed by atoms with Crippen LogP contribution >= 0.6 is 23.6 Å². The highest BCUT2D eigenvalue weighted by Gasteiger charge is 1.64. The van der Waals surface area contributed by atoms with Gasteiger partial charge in [0.15, 0.2) is 0 Å². The molecule has 0 fully saturated rings. The van der Waals surface area contributed by atoms with E-state index in [1.54, 1.807) is 0 Å². The fourth-order valence-electron chi connectivity index (χ4n) is 0.119. The Morgan fingerprint density at radius 3 is 2.56 bits per heavy atom. The summed E-state index contributed by atoms with van der Waals surface area (Å²) in [6.45, 7) is 0. The molecule has 0 radical (unpaired) electrons. The molecule has 0 amide bonds. The Kier molecular flexibility index (Phi) is 6.65. The van der Waals surface area contributed by atoms with Crippen LogP contribution in [0.25, 0.3) is 0 Å². The average Bonchev–Trinajstić information content (AvgIpc) is 1.89. The molecule has 0 aliphatic carbocycles. The van der Waals surface area contributed by atoms with Crippen molar-refractivity contribution in [2.45, 2.75) is 0 Å². The zero-order valence-corrected chi connectivity index (χ0v) is 5.58. The van der Waals surface area contributed by atoms with Crippen molar-refractivity contribution in [3.8, 4) is 0 Å². The molecule has 0 saturated carbocycles. The van der Waals surface area contributed by atoms with E-state index in [1.807, 2.05) is 0 Å². The van der Waals surface area contributed by atoms with E-state index in [-0.39, 0.29) is 0 Å². The molecule has 50 valence electrons. The van der Waals surface area contributed by atoms with Crippen molar-refractivity contribution in [1.82, 2.24) is 5.43 Å². The predicted octanol–water partition coefficient (Wildman–Crippen LogP) is 1.65. The largest absolute Gasteiger partial charge is 0.246 e. The lowest BCUT2D eigenvalue weighted by Gasteiger charge is -1.77. The van der Waals surface area contributed by atoms with E-state index in [4.69, 9.17) is 23.6 Å². The van der Waals surface area contributed by atoms with Crippen LogP contribution in [0.15, 0.2) is 24.8 Å². The summed E-state index contributed by atoms with van der Waals surface area (Å²) < 4.78 is 5.61. The molecule has 0 aliphatic rings. The quantitative estimate of drug-likeness (QED) is 0.296. The third-order valence-electron chi connectivity index (χ3n) is 0.296. The van der Waals surface area contributed by atoms with Gasteiger partial charge in [-0.1, -0.05) is 14.5 Å². The molecule has 6 nitrogen and oxygen atoms in total. The maximum absolute atomic E-state index is 4.77. The van der Waals surface area contributed by atoms with Crippen molar-refractivity contribution in [3.05, 3.63) is 0 Å². The third-order valence-corrected chi connectivity index (χ3v) is 0.440. The summed E-state index contributed by atoms with van der Waals surface area (Å²) >= 11 is 9.52. The molecule has 0 rings (SSSR count). The highest BCUT2D eigenvalue weighted by Crippen LogP contribution is 1.78. The first-order valence-corrected chi connectivity index (χ1v) is 2.38. The Hall–Kier alpha value is -0.750. The van der Waals surface area contributed by atoms with Crippen molar-refractivity contribution in [2.24, 2.45) is 24.8 Å². The fourth-order valence-corrected chi connectivity index (χ4v) is 0.201. The van der Waals surface area contributed by atoms with Gasteiger partial charge < -0.3 is 0 Å². The summed E-state index contributed by atoms with van der Waals surface area (Å²) in [6, 6.07) is 0. The zero-order valence-electron chi connectivity index (χ0n) is 4.07. The van der Waals surface area contributed by atoms with Crippen LogP contribution in [0.3, 0.4) is 0 Å². The Labute approximate surface area is 60.8 Å². The number of hydrogen-bond acceptors (Lipinski definition) is 4. The van der Waals surface area contributed by atoms with Gasteiger partial charge in [-0.15, -0.1) is 5.10 Å². The van der Waals surface area contributed by atoms with E-state index in [9.17, 15) is 0 Å². The van der Waals surface area contributed by atoms with E-state index >= 15 is 0 Å². The molecule has 0 aliphatic heterocycles. The number of halogens is 2. The van der Waals surface area contributed by atoms with E-state index in [2.05, 4.69) is 30.2 Å². The minimum absolute atomic E-state index is 1.11. The first-order chi connectivity index (χ1) is 4.41. The van der Waals surface area contributed by atoms with Crippen LogP contribution in [0.4, 0.5) is 0 Å². The molecule has 0 aromatic carbocycles. The second-order valence-electron chi connectivity index (χ2n) is 0.714. The van der Waals surface area contributed by atoms with Gasteiger partial charge in [0.25, 0.3) is 0 Å². The first-order valence-electron chi connectivity index (χ1n) is 1.71. The van der Waals surface area contributed by atoms with Crippen molar-refractivity contribution < 1.29 is 0 Å². The molecular weight excluding hydrogens is 167 g/mol. The number of nitrogens with zero attached hydrogens (tertiary/aromatic N) is 5. The topological polar surface area (TPSA) is 73.8 Å². The molecule has 0 aromatic heterocycles. The summed E-state index contributed by atoms with van der Waals surface area (Å²) in [6.07, 6.45) is 1.11. The molecule has 1 N–H and O–H groups in total. The third kappa shape index (κ3) is 7.25. The van der Waals surface area contributed by atoms with E-state index in [1.165, 1.54) is 0 Å². The SMILES string of the molecule is ClN=NN=CNN=NCl. The van der Waals surface area contributed by atoms with E-state index < -0.39 is 0 Å². The minimum atomic E-state index is 1.11. The van der Waals surface area contributed by atoms with Crippen LogP contribution in [-0.2, 0) is 0 Å². The lowest BCUT2D eigenvalue weighted by atomic mass is 11.3. The Morgan fingerprint density at radius 2 is 2.00 bits per heavy atom. The monoisotopic (exact) mass is 168 g/mol. The number of hydrogen-bond donors (Lipinski definition) is 1. The number of nitrogens with one attached hydrogen (secondary N) is 1. The highest BCUT2D eigenvalue weighted by atomic mass is 35.5. The van der Waals surface area contributed by atoms with Crippen molar-refractivity contribution >= 4 is 29.9 Å². The van der Waals surface area contributed by atoms with Crippen LogP contribution < -0.4 is 5.43 Å². The van der Waals surface area contributed by atoms with Crippen LogP contribution in [0, 0.1) is 0 Å². The van der Waals surface area contributed by atoms with Crippen LogP contribution in [-0.4, -0.2) is 6.34 Å². The average molecular weight is 169 g/mol. The Bertz CT molecular complexity index is 127. The second kappa shape index (κ2) is 7.25. The molecule has 0 atom stereocenters. The lowest BCUT2D eigenvalue weighted by molar-refractivity contribution is 0.945. The van der Waals surface area contributed by atoms with Gasteiger partial charge in [0.1, 0.15) is 6.34 Å². The summed E-state index contributed by atoms with van der Waals surface area (Å²) in [5.74, 6) is 0. The molecule has 0 heterocycles. The van der Waals surface area contributed by atoms with Crippen molar-refractivity contribution in [1.29, 1.82) is 0 Å². The van der Waals surface area contributed by atoms with Gasteiger partial charge in [-0.25, -0.2) is 5.43 Å². The summed E-state index contributed by atoms with van der Waals surface area (Å²) in [5, 5.41) is 9.29. The maximum atomic E-state index is 4.77. The minimum Gasteiger partial charge on any atom is -0.246 e. The molecular formula is CH2Cl2N6. The zero-order chi connectivity index (χ0) is 6.95. The molecule has 8 heteroatoms. The standard InChI is InChI=1S/CH2Cl2N6/c2-6-8-4-1-5-9-7-3/h1H,(H,4,5,6,7). The van der Waals surface area contributed by atoms with Gasteiger partial charge in [0.05, 0.1) is 23.6 Å². The number of rotatable bonds is 3. The second-order valence-corrected chi connectivity index (χ2v) is 1.02. The molecule has 0 bridgehead atoms. The normalized spacial score (nSPS) is 12.2. The predicted molar refractivity (Wildman–Crippen MR) is 33.0 cm³/mol. The van der Waals surface area contributed by atoms with Crippen molar-refractivity contribution in [2.75, 3.05) is 0 Å². The van der Waals surface area contributed by atoms with Crippen LogP contribution in [0.1, 0.15) is 0 Å². The lowest BCUT2D eigenvalue weighted by Crippen LogP contribution is -1.97. The molecule has 0 unspecified atom stereocenters. The van der Waals surface area contributed by atoms with Crippen LogP contribution in [0.5, 0.6) is 0 Å². The Balaban J connectivity index is 3.25. The molecule has 0 saturated heterocycles. The van der Waals surface area contributed by atoms with Gasteiger partial charge in [0.2, 0.25) is 0 Å². The van der Waals surface area contributed by atoms with Crippen LogP contribution in [0.2, 0.25) is 0 Å². The van der Waals surface area contributed by atoms with Gasteiger partial charge in [-0.05, 0) is 5.22 Å². The van der Waals surface area contributed by atoms with Crippen molar-refractivity contribution in [3.63, 3.8) is 0 Å². The molecule has 0 spiro atoms. The molecule has 9 heavy (non-hydrogen) atoms. The Morgan fingerprint density at radius 1 is 1.22 bits per heavy atom.